The first-order valence-electron chi connectivity index (χ1n) is 7.57. The lowest BCUT2D eigenvalue weighted by Crippen LogP contribution is -2.27. The van der Waals surface area contributed by atoms with Gasteiger partial charge in [0.1, 0.15) is 0 Å². The van der Waals surface area contributed by atoms with Gasteiger partial charge in [0, 0.05) is 37.0 Å². The van der Waals surface area contributed by atoms with E-state index in [4.69, 9.17) is 11.1 Å². The van der Waals surface area contributed by atoms with Crippen LogP contribution in [0.25, 0.3) is 0 Å². The molecule has 0 spiro atoms. The van der Waals surface area contributed by atoms with E-state index in [2.05, 4.69) is 31.9 Å². The summed E-state index contributed by atoms with van der Waals surface area (Å²) in [6.45, 7) is 4.16. The van der Waals surface area contributed by atoms with E-state index < -0.39 is 5.91 Å². The van der Waals surface area contributed by atoms with E-state index in [1.165, 1.54) is 30.5 Å². The van der Waals surface area contributed by atoms with Crippen molar-refractivity contribution in [2.24, 2.45) is 0 Å². The Hall–Kier alpha value is -3.33. The largest absolute Gasteiger partial charge is 0.385 e. The third-order valence-corrected chi connectivity index (χ3v) is 3.63. The van der Waals surface area contributed by atoms with Crippen LogP contribution in [0.1, 0.15) is 16.1 Å². The predicted octanol–water partition coefficient (Wildman–Crippen LogP) is 2.27. The molecule has 6 N–H and O–H groups in total. The number of anilines is 2. The number of nitrogen functional groups attached to an aromatic ring is 1. The molecule has 0 saturated carbocycles. The van der Waals surface area contributed by atoms with E-state index in [0.717, 1.165) is 17.5 Å². The maximum Gasteiger partial charge on any atom is 0.278 e. The second-order valence-corrected chi connectivity index (χ2v) is 5.73. The molecule has 1 heterocycles. The molecule has 1 aromatic heterocycles. The number of amides is 1. The van der Waals surface area contributed by atoms with Crippen LogP contribution in [-0.2, 0) is 6.54 Å². The van der Waals surface area contributed by atoms with Gasteiger partial charge in [0.25, 0.3) is 5.91 Å². The van der Waals surface area contributed by atoms with Gasteiger partial charge in [0.15, 0.2) is 11.5 Å². The second-order valence-electron chi connectivity index (χ2n) is 4.96. The van der Waals surface area contributed by atoms with Gasteiger partial charge in [-0.2, -0.15) is 0 Å². The smallest absolute Gasteiger partial charge is 0.278 e. The molecule has 134 valence electrons. The molecular weight excluding hydrogens is 350 g/mol. The summed E-state index contributed by atoms with van der Waals surface area (Å²) in [5.74, 6) is -0.496. The molecule has 0 aliphatic heterocycles. The summed E-state index contributed by atoms with van der Waals surface area (Å²) in [6.07, 6.45) is 5.34. The molecule has 0 radical (unpaired) electrons. The highest BCUT2D eigenvalue weighted by atomic mass is 32.2. The average Bonchev–Trinajstić information content (AvgIpc) is 2.66. The van der Waals surface area contributed by atoms with E-state index in [0.29, 0.717) is 6.54 Å². The molecule has 0 unspecified atom stereocenters. The summed E-state index contributed by atoms with van der Waals surface area (Å²) in [7, 11) is 0. The van der Waals surface area contributed by atoms with Gasteiger partial charge in [-0.25, -0.2) is 9.97 Å². The summed E-state index contributed by atoms with van der Waals surface area (Å²) < 4.78 is 3.13. The highest BCUT2D eigenvalue weighted by Gasteiger charge is 2.12. The minimum Gasteiger partial charge on any atom is -0.385 e. The van der Waals surface area contributed by atoms with Gasteiger partial charge in [0.05, 0.1) is 5.70 Å². The first kappa shape index (κ1) is 19.0. The molecule has 0 fully saturated rings. The molecule has 0 bridgehead atoms. The summed E-state index contributed by atoms with van der Waals surface area (Å²) in [6, 6.07) is 7.83. The maximum atomic E-state index is 12.1. The van der Waals surface area contributed by atoms with E-state index >= 15 is 0 Å². The van der Waals surface area contributed by atoms with Crippen LogP contribution in [-0.4, -0.2) is 22.1 Å². The summed E-state index contributed by atoms with van der Waals surface area (Å²) >= 11 is 1.39. The quantitative estimate of drug-likeness (QED) is 0.339. The zero-order valence-corrected chi connectivity index (χ0v) is 14.7. The van der Waals surface area contributed by atoms with Crippen molar-refractivity contribution >= 4 is 35.6 Å². The maximum absolute atomic E-state index is 12.1. The van der Waals surface area contributed by atoms with Crippen molar-refractivity contribution in [3.05, 3.63) is 71.8 Å². The highest BCUT2D eigenvalue weighted by molar-refractivity contribution is 8.03. The van der Waals surface area contributed by atoms with Crippen LogP contribution in [0.15, 0.2) is 60.5 Å². The molecule has 2 aromatic rings. The zero-order chi connectivity index (χ0) is 18.8. The normalized spacial score (nSPS) is 10.7. The third kappa shape index (κ3) is 5.64. The van der Waals surface area contributed by atoms with Gasteiger partial charge in [-0.15, -0.1) is 0 Å². The Morgan fingerprint density at radius 1 is 1.35 bits per heavy atom. The van der Waals surface area contributed by atoms with E-state index in [-0.39, 0.29) is 17.2 Å². The number of rotatable bonds is 9. The Bertz CT molecular complexity index is 822. The third-order valence-electron chi connectivity index (χ3n) is 3.11. The topological polar surface area (TPSA) is 129 Å². The van der Waals surface area contributed by atoms with Crippen LogP contribution in [0.2, 0.25) is 0 Å². The molecular formula is C17H19N7OS. The number of allylic oxidation sites excluding steroid dienone is 1. The van der Waals surface area contributed by atoms with Crippen molar-refractivity contribution < 1.29 is 4.79 Å². The molecule has 1 aromatic carbocycles. The fourth-order valence-electron chi connectivity index (χ4n) is 1.96. The number of carbonyl (C=O) groups is 1. The monoisotopic (exact) mass is 369 g/mol. The van der Waals surface area contributed by atoms with Crippen LogP contribution < -0.4 is 21.1 Å². The van der Waals surface area contributed by atoms with Gasteiger partial charge in [-0.1, -0.05) is 18.7 Å². The first-order valence-corrected chi connectivity index (χ1v) is 8.45. The summed E-state index contributed by atoms with van der Waals surface area (Å²) in [4.78, 5) is 19.8. The van der Waals surface area contributed by atoms with Gasteiger partial charge in [0.2, 0.25) is 0 Å². The minimum absolute atomic E-state index is 0.0127. The van der Waals surface area contributed by atoms with E-state index in [1.807, 2.05) is 24.3 Å². The number of hydrogen-bond donors (Lipinski definition) is 5. The molecule has 0 aliphatic carbocycles. The molecule has 0 saturated heterocycles. The highest BCUT2D eigenvalue weighted by Crippen LogP contribution is 2.15. The summed E-state index contributed by atoms with van der Waals surface area (Å²) in [5, 5.41) is 14.7. The Morgan fingerprint density at radius 3 is 2.88 bits per heavy atom. The molecule has 8 nitrogen and oxygen atoms in total. The Balaban J connectivity index is 1.95. The first-order chi connectivity index (χ1) is 12.6. The van der Waals surface area contributed by atoms with Gasteiger partial charge in [-0.05, 0) is 35.1 Å². The van der Waals surface area contributed by atoms with Crippen molar-refractivity contribution in [1.29, 1.82) is 5.41 Å². The van der Waals surface area contributed by atoms with Crippen LogP contribution >= 0.6 is 11.9 Å². The standard InChI is InChI=1S/C17H19N7OS/c1-2-26-24-13-5-3-4-12(8-13)10-20-11-14(9-18)23-17(25)15-16(19)22-7-6-21-15/h2-9,11,18,20,24H,1,10H2,(H2,19,22)(H,23,25)/b14-11+,18-9?. The van der Waals surface area contributed by atoms with Crippen LogP contribution in [0.4, 0.5) is 11.5 Å². The Labute approximate surface area is 155 Å². The van der Waals surface area contributed by atoms with Crippen LogP contribution in [0.5, 0.6) is 0 Å². The summed E-state index contributed by atoms with van der Waals surface area (Å²) in [5.41, 5.74) is 7.90. The van der Waals surface area contributed by atoms with Gasteiger partial charge in [-0.3, -0.25) is 4.79 Å². The number of benzene rings is 1. The number of nitrogens with one attached hydrogen (secondary N) is 4. The van der Waals surface area contributed by atoms with Crippen molar-refractivity contribution in [3.63, 3.8) is 0 Å². The number of hydrogen-bond acceptors (Lipinski definition) is 8. The van der Waals surface area contributed by atoms with E-state index in [9.17, 15) is 4.79 Å². The molecule has 26 heavy (non-hydrogen) atoms. The van der Waals surface area contributed by atoms with Crippen molar-refractivity contribution in [2.75, 3.05) is 10.5 Å². The molecule has 2 rings (SSSR count). The Morgan fingerprint density at radius 2 is 2.15 bits per heavy atom. The number of nitrogens with two attached hydrogens (primary N) is 1. The van der Waals surface area contributed by atoms with E-state index in [1.54, 1.807) is 5.41 Å². The number of aromatic nitrogens is 2. The molecule has 1 amide bonds. The molecule has 9 heteroatoms. The zero-order valence-electron chi connectivity index (χ0n) is 13.9. The SMILES string of the molecule is C=CSNc1cccc(CN/C=C(\C=N)NC(=O)c2nccnc2N)c1. The minimum atomic E-state index is -0.528. The number of nitrogens with zero attached hydrogens (tertiary/aromatic N) is 2. The van der Waals surface area contributed by atoms with Crippen LogP contribution in [0.3, 0.4) is 0 Å². The van der Waals surface area contributed by atoms with Crippen molar-refractivity contribution in [3.8, 4) is 0 Å². The van der Waals surface area contributed by atoms with Crippen LogP contribution in [0, 0.1) is 5.41 Å². The van der Waals surface area contributed by atoms with Crippen molar-refractivity contribution in [2.45, 2.75) is 6.54 Å². The fraction of sp³-hybridized carbons (Fsp3) is 0.0588. The average molecular weight is 369 g/mol. The van der Waals surface area contributed by atoms with Crippen molar-refractivity contribution in [1.82, 2.24) is 20.6 Å². The molecule has 0 aliphatic rings. The van der Waals surface area contributed by atoms with Gasteiger partial charge >= 0.3 is 0 Å². The lowest BCUT2D eigenvalue weighted by molar-refractivity contribution is 0.0963. The lowest BCUT2D eigenvalue weighted by Gasteiger charge is -2.08. The Kier molecular flexibility index (Phi) is 7.19. The lowest BCUT2D eigenvalue weighted by atomic mass is 10.2. The fourth-order valence-corrected chi connectivity index (χ4v) is 2.31. The number of carbonyl (C=O) groups excluding carboxylic acids is 1. The predicted molar refractivity (Wildman–Crippen MR) is 105 cm³/mol. The second kappa shape index (κ2) is 9.84. The molecule has 0 atom stereocenters. The van der Waals surface area contributed by atoms with Gasteiger partial charge < -0.3 is 26.5 Å².